The number of sulfonamides is 1. The SMILES string of the molecule is Nc1oc(-c2ccc(C(F)(F)F)cc2)nc1COc1ccc(S(=O)(=O)N2c3ccccc3C[C@@H]2C(=O)O)cc1. The molecular weight excluding hydrogens is 539 g/mol. The van der Waals surface area contributed by atoms with Crippen molar-refractivity contribution in [2.45, 2.75) is 30.1 Å². The third-order valence-corrected chi connectivity index (χ3v) is 7.99. The van der Waals surface area contributed by atoms with Crippen LogP contribution in [0.3, 0.4) is 0 Å². The first-order valence-electron chi connectivity index (χ1n) is 11.5. The van der Waals surface area contributed by atoms with Gasteiger partial charge in [-0.2, -0.15) is 13.2 Å². The van der Waals surface area contributed by atoms with Gasteiger partial charge in [0.1, 0.15) is 24.1 Å². The maximum absolute atomic E-state index is 13.4. The van der Waals surface area contributed by atoms with E-state index in [1.165, 1.54) is 36.4 Å². The fourth-order valence-corrected chi connectivity index (χ4v) is 5.85. The van der Waals surface area contributed by atoms with Crippen molar-refractivity contribution in [1.29, 1.82) is 0 Å². The average Bonchev–Trinajstić information content (AvgIpc) is 3.48. The summed E-state index contributed by atoms with van der Waals surface area (Å²) in [6.45, 7) is -0.164. The van der Waals surface area contributed by atoms with Gasteiger partial charge in [0.15, 0.2) is 0 Å². The number of hydrogen-bond acceptors (Lipinski definition) is 7. The molecule has 2 heterocycles. The summed E-state index contributed by atoms with van der Waals surface area (Å²) in [5.41, 5.74) is 6.45. The largest absolute Gasteiger partial charge is 0.487 e. The molecule has 3 aromatic carbocycles. The molecule has 1 aromatic heterocycles. The van der Waals surface area contributed by atoms with Crippen LogP contribution in [0.15, 0.2) is 82.1 Å². The maximum Gasteiger partial charge on any atom is 0.416 e. The molecule has 3 N–H and O–H groups in total. The predicted molar refractivity (Wildman–Crippen MR) is 133 cm³/mol. The van der Waals surface area contributed by atoms with Gasteiger partial charge in [-0.05, 0) is 60.2 Å². The Morgan fingerprint density at radius 2 is 1.74 bits per heavy atom. The summed E-state index contributed by atoms with van der Waals surface area (Å²) in [5.74, 6) is -1.06. The number of rotatable bonds is 7. The number of oxazole rings is 1. The van der Waals surface area contributed by atoms with E-state index in [0.717, 1.165) is 16.4 Å². The van der Waals surface area contributed by atoms with Crippen LogP contribution in [0.1, 0.15) is 16.8 Å². The standard InChI is InChI=1S/C26H20F3N3O6S/c27-26(28,29)17-7-5-15(6-8-17)24-31-20(23(30)38-24)14-37-18-9-11-19(12-10-18)39(35,36)32-21-4-2-1-3-16(21)13-22(32)25(33)34/h1-12,22H,13-14,30H2,(H,33,34)/t22-/m1/s1. The number of carbonyl (C=O) groups is 1. The van der Waals surface area contributed by atoms with Crippen LogP contribution in [-0.2, 0) is 34.0 Å². The molecule has 9 nitrogen and oxygen atoms in total. The van der Waals surface area contributed by atoms with Crippen LogP contribution < -0.4 is 14.8 Å². The fraction of sp³-hybridized carbons (Fsp3) is 0.154. The van der Waals surface area contributed by atoms with E-state index >= 15 is 0 Å². The van der Waals surface area contributed by atoms with Crippen molar-refractivity contribution in [3.63, 3.8) is 0 Å². The van der Waals surface area contributed by atoms with Gasteiger partial charge >= 0.3 is 12.1 Å². The van der Waals surface area contributed by atoms with Gasteiger partial charge in [-0.3, -0.25) is 4.31 Å². The minimum absolute atomic E-state index is 0.0140. The summed E-state index contributed by atoms with van der Waals surface area (Å²) >= 11 is 0. The van der Waals surface area contributed by atoms with E-state index in [2.05, 4.69) is 4.98 Å². The Morgan fingerprint density at radius 1 is 1.08 bits per heavy atom. The highest BCUT2D eigenvalue weighted by Crippen LogP contribution is 2.37. The number of halogens is 3. The number of anilines is 2. The minimum Gasteiger partial charge on any atom is -0.487 e. The van der Waals surface area contributed by atoms with Gasteiger partial charge in [0, 0.05) is 12.0 Å². The molecule has 0 saturated heterocycles. The zero-order valence-electron chi connectivity index (χ0n) is 19.9. The molecule has 13 heteroatoms. The minimum atomic E-state index is -4.47. The molecule has 39 heavy (non-hydrogen) atoms. The number of fused-ring (bicyclic) bond motifs is 1. The quantitative estimate of drug-likeness (QED) is 0.332. The second-order valence-corrected chi connectivity index (χ2v) is 10.5. The number of carboxylic acid groups (broad SMARTS) is 1. The maximum atomic E-state index is 13.4. The second-order valence-electron chi connectivity index (χ2n) is 8.65. The Hall–Kier alpha value is -4.52. The zero-order chi connectivity index (χ0) is 27.9. The molecule has 4 aromatic rings. The van der Waals surface area contributed by atoms with E-state index in [1.54, 1.807) is 24.3 Å². The van der Waals surface area contributed by atoms with E-state index < -0.39 is 33.8 Å². The van der Waals surface area contributed by atoms with E-state index in [4.69, 9.17) is 14.9 Å². The van der Waals surface area contributed by atoms with Crippen LogP contribution >= 0.6 is 0 Å². The molecule has 0 radical (unpaired) electrons. The Kier molecular flexibility index (Phi) is 6.46. The highest BCUT2D eigenvalue weighted by molar-refractivity contribution is 7.93. The fourth-order valence-electron chi connectivity index (χ4n) is 4.21. The number of alkyl halides is 3. The lowest BCUT2D eigenvalue weighted by Gasteiger charge is -2.24. The molecule has 0 amide bonds. The summed E-state index contributed by atoms with van der Waals surface area (Å²) < 4.78 is 77.1. The summed E-state index contributed by atoms with van der Waals surface area (Å²) in [6.07, 6.45) is -4.42. The predicted octanol–water partition coefficient (Wildman–Crippen LogP) is 4.73. The van der Waals surface area contributed by atoms with E-state index in [0.29, 0.717) is 16.8 Å². The molecule has 1 atom stereocenters. The molecule has 0 bridgehead atoms. The van der Waals surface area contributed by atoms with Crippen molar-refractivity contribution in [3.8, 4) is 17.2 Å². The number of ether oxygens (including phenoxy) is 1. The summed E-state index contributed by atoms with van der Waals surface area (Å²) in [5, 5.41) is 9.63. The highest BCUT2D eigenvalue weighted by Gasteiger charge is 2.42. The van der Waals surface area contributed by atoms with Crippen molar-refractivity contribution < 1.29 is 40.6 Å². The van der Waals surface area contributed by atoms with Gasteiger partial charge < -0.3 is 20.0 Å². The first kappa shape index (κ1) is 26.1. The first-order chi connectivity index (χ1) is 18.4. The van der Waals surface area contributed by atoms with Crippen molar-refractivity contribution in [3.05, 3.63) is 89.6 Å². The van der Waals surface area contributed by atoms with Crippen LogP contribution in [-0.4, -0.2) is 30.5 Å². The number of nitrogen functional groups attached to an aromatic ring is 1. The number of benzene rings is 3. The van der Waals surface area contributed by atoms with Crippen LogP contribution in [0.5, 0.6) is 5.75 Å². The van der Waals surface area contributed by atoms with E-state index in [9.17, 15) is 31.5 Å². The van der Waals surface area contributed by atoms with E-state index in [-0.39, 0.29) is 41.1 Å². The first-order valence-corrected chi connectivity index (χ1v) is 12.9. The van der Waals surface area contributed by atoms with Crippen molar-refractivity contribution in [2.75, 3.05) is 10.0 Å². The molecule has 0 saturated carbocycles. The lowest BCUT2D eigenvalue weighted by Crippen LogP contribution is -2.42. The third kappa shape index (κ3) is 5.00. The Morgan fingerprint density at radius 3 is 2.38 bits per heavy atom. The van der Waals surface area contributed by atoms with Crippen LogP contribution in [0, 0.1) is 0 Å². The topological polar surface area (TPSA) is 136 Å². The number of nitrogens with two attached hydrogens (primary N) is 1. The van der Waals surface area contributed by atoms with Crippen LogP contribution in [0.25, 0.3) is 11.5 Å². The van der Waals surface area contributed by atoms with Gasteiger partial charge in [0.2, 0.25) is 11.8 Å². The highest BCUT2D eigenvalue weighted by atomic mass is 32.2. The number of aromatic nitrogens is 1. The summed E-state index contributed by atoms with van der Waals surface area (Å²) in [4.78, 5) is 15.9. The Balaban J connectivity index is 1.30. The lowest BCUT2D eigenvalue weighted by molar-refractivity contribution is -0.138. The molecule has 0 aliphatic carbocycles. The van der Waals surface area contributed by atoms with Gasteiger partial charge in [-0.25, -0.2) is 18.2 Å². The monoisotopic (exact) mass is 559 g/mol. The molecule has 0 fully saturated rings. The third-order valence-electron chi connectivity index (χ3n) is 6.15. The number of carboxylic acids is 1. The molecule has 5 rings (SSSR count). The molecule has 0 spiro atoms. The van der Waals surface area contributed by atoms with Gasteiger partial charge in [-0.1, -0.05) is 18.2 Å². The van der Waals surface area contributed by atoms with Gasteiger partial charge in [0.25, 0.3) is 10.0 Å². The molecule has 1 aliphatic rings. The smallest absolute Gasteiger partial charge is 0.416 e. The molecule has 1 aliphatic heterocycles. The zero-order valence-corrected chi connectivity index (χ0v) is 20.7. The van der Waals surface area contributed by atoms with Crippen molar-refractivity contribution >= 4 is 27.6 Å². The van der Waals surface area contributed by atoms with E-state index in [1.807, 2.05) is 0 Å². The second kappa shape index (κ2) is 9.66. The summed E-state index contributed by atoms with van der Waals surface area (Å²) in [6, 6.07) is 15.0. The van der Waals surface area contributed by atoms with Crippen LogP contribution in [0.2, 0.25) is 0 Å². The van der Waals surface area contributed by atoms with Crippen molar-refractivity contribution in [1.82, 2.24) is 4.98 Å². The number of hydrogen-bond donors (Lipinski definition) is 2. The number of para-hydroxylation sites is 1. The van der Waals surface area contributed by atoms with Crippen LogP contribution in [0.4, 0.5) is 24.7 Å². The molecule has 202 valence electrons. The average molecular weight is 560 g/mol. The molecule has 0 unspecified atom stereocenters. The number of aliphatic carboxylic acids is 1. The normalized spacial score (nSPS) is 15.3. The Labute approximate surface area is 220 Å². The Bertz CT molecular complexity index is 1630. The molecular formula is C26H20F3N3O6S. The van der Waals surface area contributed by atoms with Gasteiger partial charge in [0.05, 0.1) is 16.1 Å². The summed E-state index contributed by atoms with van der Waals surface area (Å²) in [7, 11) is -4.20. The van der Waals surface area contributed by atoms with Gasteiger partial charge in [-0.15, -0.1) is 0 Å². The van der Waals surface area contributed by atoms with Crippen molar-refractivity contribution in [2.24, 2.45) is 0 Å². The number of nitrogens with zero attached hydrogens (tertiary/aromatic N) is 2. The lowest BCUT2D eigenvalue weighted by atomic mass is 10.1.